The highest BCUT2D eigenvalue weighted by Crippen LogP contribution is 2.30. The van der Waals surface area contributed by atoms with Crippen LogP contribution in [0, 0.1) is 6.92 Å². The zero-order valence-corrected chi connectivity index (χ0v) is 13.6. The van der Waals surface area contributed by atoms with E-state index in [2.05, 4.69) is 51.5 Å². The number of nitrogens with two attached hydrogens (primary N) is 1. The van der Waals surface area contributed by atoms with E-state index >= 15 is 0 Å². The Balaban J connectivity index is 1.89. The van der Waals surface area contributed by atoms with Crippen LogP contribution in [0.1, 0.15) is 11.1 Å². The van der Waals surface area contributed by atoms with Gasteiger partial charge in [-0.2, -0.15) is 10.2 Å². The van der Waals surface area contributed by atoms with Crippen molar-refractivity contribution in [1.82, 2.24) is 25.0 Å². The van der Waals surface area contributed by atoms with E-state index in [4.69, 9.17) is 5.73 Å². The summed E-state index contributed by atoms with van der Waals surface area (Å²) in [6, 6.07) is 8.31. The topological polar surface area (TPSA) is 85.4 Å². The van der Waals surface area contributed by atoms with Gasteiger partial charge in [-0.3, -0.25) is 14.8 Å². The Morgan fingerprint density at radius 2 is 2.08 bits per heavy atom. The number of hydrogen-bond donors (Lipinski definition) is 2. The molecule has 0 amide bonds. The van der Waals surface area contributed by atoms with Crippen LogP contribution in [0.15, 0.2) is 42.9 Å². The van der Waals surface area contributed by atoms with Crippen LogP contribution in [0.4, 0.5) is 0 Å². The van der Waals surface area contributed by atoms with Crippen LogP contribution in [-0.2, 0) is 13.6 Å². The lowest BCUT2D eigenvalue weighted by Gasteiger charge is -2.08. The maximum absolute atomic E-state index is 5.78. The Labute approximate surface area is 139 Å². The van der Waals surface area contributed by atoms with Gasteiger partial charge in [0.1, 0.15) is 5.69 Å². The molecule has 4 rings (SSSR count). The molecule has 0 aliphatic carbocycles. The number of rotatable bonds is 3. The number of aromatic nitrogens is 5. The number of fused-ring (bicyclic) bond motifs is 1. The fourth-order valence-corrected chi connectivity index (χ4v) is 2.90. The molecule has 0 fully saturated rings. The van der Waals surface area contributed by atoms with Crippen molar-refractivity contribution in [3.63, 3.8) is 0 Å². The van der Waals surface area contributed by atoms with Crippen LogP contribution in [0.3, 0.4) is 0 Å². The summed E-state index contributed by atoms with van der Waals surface area (Å²) in [7, 11) is 1.90. The summed E-state index contributed by atoms with van der Waals surface area (Å²) >= 11 is 0. The Kier molecular flexibility index (Phi) is 3.39. The minimum atomic E-state index is 0.516. The molecular weight excluding hydrogens is 300 g/mol. The van der Waals surface area contributed by atoms with Crippen molar-refractivity contribution in [2.75, 3.05) is 0 Å². The van der Waals surface area contributed by atoms with E-state index in [0.717, 1.165) is 39.0 Å². The quantitative estimate of drug-likeness (QED) is 0.608. The van der Waals surface area contributed by atoms with Crippen molar-refractivity contribution in [3.8, 4) is 22.5 Å². The predicted octanol–water partition coefficient (Wildman–Crippen LogP) is 2.79. The lowest BCUT2D eigenvalue weighted by atomic mass is 10.0. The SMILES string of the molecule is Cc1ccc(CN)cc1-c1cc2c(-c3cnn(C)c3)n[nH]c2cn1. The molecule has 3 heterocycles. The molecule has 4 aromatic rings. The molecule has 0 aliphatic heterocycles. The Morgan fingerprint density at radius 1 is 1.21 bits per heavy atom. The average Bonchev–Trinajstić information content (AvgIpc) is 3.20. The van der Waals surface area contributed by atoms with Gasteiger partial charge < -0.3 is 5.73 Å². The Bertz CT molecular complexity index is 1030. The zero-order valence-electron chi connectivity index (χ0n) is 13.6. The molecule has 24 heavy (non-hydrogen) atoms. The second-order valence-electron chi connectivity index (χ2n) is 5.94. The van der Waals surface area contributed by atoms with Gasteiger partial charge >= 0.3 is 0 Å². The Hall–Kier alpha value is -2.99. The zero-order chi connectivity index (χ0) is 16.7. The molecule has 0 saturated heterocycles. The fourth-order valence-electron chi connectivity index (χ4n) is 2.90. The van der Waals surface area contributed by atoms with E-state index in [0.29, 0.717) is 6.54 Å². The van der Waals surface area contributed by atoms with Crippen molar-refractivity contribution in [1.29, 1.82) is 0 Å². The third-order valence-corrected chi connectivity index (χ3v) is 4.24. The van der Waals surface area contributed by atoms with Crippen molar-refractivity contribution < 1.29 is 0 Å². The van der Waals surface area contributed by atoms with Crippen molar-refractivity contribution in [3.05, 3.63) is 54.0 Å². The summed E-state index contributed by atoms with van der Waals surface area (Å²) in [5.74, 6) is 0. The number of pyridine rings is 1. The summed E-state index contributed by atoms with van der Waals surface area (Å²) < 4.78 is 1.77. The van der Waals surface area contributed by atoms with Gasteiger partial charge in [-0.05, 0) is 30.2 Å². The lowest BCUT2D eigenvalue weighted by Crippen LogP contribution is -1.97. The van der Waals surface area contributed by atoms with Crippen molar-refractivity contribution in [2.24, 2.45) is 12.8 Å². The molecule has 0 radical (unpaired) electrons. The average molecular weight is 318 g/mol. The molecule has 1 aromatic carbocycles. The fraction of sp³-hybridized carbons (Fsp3) is 0.167. The van der Waals surface area contributed by atoms with Crippen LogP contribution in [0.25, 0.3) is 33.4 Å². The molecule has 6 nitrogen and oxygen atoms in total. The summed E-state index contributed by atoms with van der Waals surface area (Å²) in [6.07, 6.45) is 5.60. The van der Waals surface area contributed by atoms with E-state index in [9.17, 15) is 0 Å². The van der Waals surface area contributed by atoms with Gasteiger partial charge in [0.25, 0.3) is 0 Å². The van der Waals surface area contributed by atoms with E-state index < -0.39 is 0 Å². The van der Waals surface area contributed by atoms with Gasteiger partial charge in [-0.15, -0.1) is 0 Å². The molecule has 0 bridgehead atoms. The number of benzene rings is 1. The molecule has 0 aliphatic rings. The second kappa shape index (κ2) is 5.58. The van der Waals surface area contributed by atoms with E-state index in [1.54, 1.807) is 4.68 Å². The molecule has 3 aromatic heterocycles. The van der Waals surface area contributed by atoms with Crippen LogP contribution in [0.2, 0.25) is 0 Å². The van der Waals surface area contributed by atoms with E-state index in [1.165, 1.54) is 5.56 Å². The van der Waals surface area contributed by atoms with Gasteiger partial charge in [0.15, 0.2) is 0 Å². The first-order valence-corrected chi connectivity index (χ1v) is 7.79. The third-order valence-electron chi connectivity index (χ3n) is 4.24. The third kappa shape index (κ3) is 2.37. The standard InChI is InChI=1S/C18H18N6/c1-11-3-4-12(7-19)5-14(11)16-6-15-17(9-20-16)22-23-18(15)13-8-21-24(2)10-13/h3-6,8-10H,7,19H2,1-2H3,(H,22,23). The van der Waals surface area contributed by atoms with E-state index in [-0.39, 0.29) is 0 Å². The molecule has 0 atom stereocenters. The highest BCUT2D eigenvalue weighted by atomic mass is 15.2. The molecule has 6 heteroatoms. The first kappa shape index (κ1) is 14.6. The predicted molar refractivity (Wildman–Crippen MR) is 94.2 cm³/mol. The summed E-state index contributed by atoms with van der Waals surface area (Å²) in [6.45, 7) is 2.60. The summed E-state index contributed by atoms with van der Waals surface area (Å²) in [5, 5.41) is 12.7. The summed E-state index contributed by atoms with van der Waals surface area (Å²) in [5.41, 5.74) is 12.8. The number of nitrogens with one attached hydrogen (secondary N) is 1. The van der Waals surface area contributed by atoms with Crippen LogP contribution < -0.4 is 5.73 Å². The number of hydrogen-bond acceptors (Lipinski definition) is 4. The smallest absolute Gasteiger partial charge is 0.103 e. The first-order chi connectivity index (χ1) is 11.7. The highest BCUT2D eigenvalue weighted by Gasteiger charge is 2.13. The normalized spacial score (nSPS) is 11.3. The van der Waals surface area contributed by atoms with Crippen molar-refractivity contribution in [2.45, 2.75) is 13.5 Å². The number of aromatic amines is 1. The van der Waals surface area contributed by atoms with Gasteiger partial charge in [0.05, 0.1) is 23.6 Å². The molecule has 0 unspecified atom stereocenters. The molecule has 3 N–H and O–H groups in total. The van der Waals surface area contributed by atoms with Crippen LogP contribution >= 0.6 is 0 Å². The Morgan fingerprint density at radius 3 is 2.83 bits per heavy atom. The lowest BCUT2D eigenvalue weighted by molar-refractivity contribution is 0.768. The first-order valence-electron chi connectivity index (χ1n) is 7.79. The number of aryl methyl sites for hydroxylation is 2. The van der Waals surface area contributed by atoms with Crippen LogP contribution in [0.5, 0.6) is 0 Å². The van der Waals surface area contributed by atoms with Gasteiger partial charge in [0, 0.05) is 36.3 Å². The molecule has 120 valence electrons. The number of H-pyrrole nitrogens is 1. The maximum atomic E-state index is 5.78. The minimum absolute atomic E-state index is 0.516. The van der Waals surface area contributed by atoms with E-state index in [1.807, 2.05) is 25.6 Å². The van der Waals surface area contributed by atoms with Gasteiger partial charge in [-0.1, -0.05) is 12.1 Å². The molecular formula is C18H18N6. The largest absolute Gasteiger partial charge is 0.326 e. The maximum Gasteiger partial charge on any atom is 0.103 e. The molecule has 0 saturated carbocycles. The molecule has 0 spiro atoms. The highest BCUT2D eigenvalue weighted by molar-refractivity contribution is 5.94. The number of nitrogens with zero attached hydrogens (tertiary/aromatic N) is 4. The van der Waals surface area contributed by atoms with Crippen LogP contribution in [-0.4, -0.2) is 25.0 Å². The summed E-state index contributed by atoms with van der Waals surface area (Å²) in [4.78, 5) is 4.59. The monoisotopic (exact) mass is 318 g/mol. The van der Waals surface area contributed by atoms with Gasteiger partial charge in [0.2, 0.25) is 0 Å². The van der Waals surface area contributed by atoms with Crippen molar-refractivity contribution >= 4 is 10.9 Å². The second-order valence-corrected chi connectivity index (χ2v) is 5.94. The minimum Gasteiger partial charge on any atom is -0.326 e. The van der Waals surface area contributed by atoms with Gasteiger partial charge in [-0.25, -0.2) is 0 Å².